The van der Waals surface area contributed by atoms with Crippen LogP contribution in [0.5, 0.6) is 0 Å². The van der Waals surface area contributed by atoms with E-state index in [9.17, 15) is 4.39 Å². The van der Waals surface area contributed by atoms with Crippen LogP contribution < -0.4 is 11.1 Å². The molecule has 104 valence electrons. The Hall–Kier alpha value is -1.46. The summed E-state index contributed by atoms with van der Waals surface area (Å²) in [6, 6.07) is 12.4. The lowest BCUT2D eigenvalue weighted by Gasteiger charge is -2.18. The van der Waals surface area contributed by atoms with E-state index in [-0.39, 0.29) is 16.8 Å². The number of benzene rings is 2. The standard InChI is InChI=1S/C15H14BrFN2S/c1-9(10-2-4-11(16)5-3-10)19-14-7-6-12(17)8-13(14)15(18)20/h2-9,19H,1H3,(H2,18,20). The van der Waals surface area contributed by atoms with Crippen LogP contribution in [0.2, 0.25) is 0 Å². The molecule has 2 aromatic rings. The minimum absolute atomic E-state index is 0.0571. The summed E-state index contributed by atoms with van der Waals surface area (Å²) >= 11 is 8.37. The molecule has 2 nitrogen and oxygen atoms in total. The fourth-order valence-electron chi connectivity index (χ4n) is 1.91. The molecule has 0 heterocycles. The van der Waals surface area contributed by atoms with Gasteiger partial charge in [-0.2, -0.15) is 0 Å². The van der Waals surface area contributed by atoms with Crippen molar-refractivity contribution in [2.24, 2.45) is 5.73 Å². The molecule has 5 heteroatoms. The molecule has 0 saturated carbocycles. The third-order valence-electron chi connectivity index (χ3n) is 2.99. The van der Waals surface area contributed by atoms with Gasteiger partial charge in [-0.05, 0) is 42.8 Å². The molecule has 0 amide bonds. The molecular weight excluding hydrogens is 339 g/mol. The van der Waals surface area contributed by atoms with E-state index in [2.05, 4.69) is 21.2 Å². The van der Waals surface area contributed by atoms with Crippen LogP contribution in [-0.2, 0) is 0 Å². The molecule has 2 rings (SSSR count). The first-order valence-electron chi connectivity index (χ1n) is 6.08. The van der Waals surface area contributed by atoms with Crippen LogP contribution in [0.25, 0.3) is 0 Å². The maximum Gasteiger partial charge on any atom is 0.124 e. The van der Waals surface area contributed by atoms with E-state index in [1.54, 1.807) is 6.07 Å². The van der Waals surface area contributed by atoms with E-state index in [1.807, 2.05) is 31.2 Å². The maximum absolute atomic E-state index is 13.3. The number of nitrogens with one attached hydrogen (secondary N) is 1. The summed E-state index contributed by atoms with van der Waals surface area (Å²) in [4.78, 5) is 0.176. The van der Waals surface area contributed by atoms with Gasteiger partial charge in [0.15, 0.2) is 0 Å². The lowest BCUT2D eigenvalue weighted by Crippen LogP contribution is -2.15. The first-order valence-corrected chi connectivity index (χ1v) is 7.29. The smallest absolute Gasteiger partial charge is 0.124 e. The van der Waals surface area contributed by atoms with Crippen molar-refractivity contribution in [2.45, 2.75) is 13.0 Å². The quantitative estimate of drug-likeness (QED) is 0.801. The van der Waals surface area contributed by atoms with Crippen LogP contribution in [0.1, 0.15) is 24.1 Å². The van der Waals surface area contributed by atoms with Crippen molar-refractivity contribution < 1.29 is 4.39 Å². The van der Waals surface area contributed by atoms with Gasteiger partial charge >= 0.3 is 0 Å². The number of halogens is 2. The molecule has 1 unspecified atom stereocenters. The van der Waals surface area contributed by atoms with E-state index in [0.29, 0.717) is 5.56 Å². The minimum atomic E-state index is -0.352. The van der Waals surface area contributed by atoms with E-state index in [1.165, 1.54) is 12.1 Å². The highest BCUT2D eigenvalue weighted by molar-refractivity contribution is 9.10. The van der Waals surface area contributed by atoms with Crippen molar-refractivity contribution in [3.8, 4) is 0 Å². The first-order chi connectivity index (χ1) is 9.47. The molecule has 20 heavy (non-hydrogen) atoms. The zero-order valence-corrected chi connectivity index (χ0v) is 13.3. The van der Waals surface area contributed by atoms with Crippen molar-refractivity contribution in [3.63, 3.8) is 0 Å². The van der Waals surface area contributed by atoms with Gasteiger partial charge in [-0.1, -0.05) is 40.3 Å². The molecule has 0 bridgehead atoms. The largest absolute Gasteiger partial charge is 0.389 e. The van der Waals surface area contributed by atoms with Gasteiger partial charge in [0.2, 0.25) is 0 Å². The highest BCUT2D eigenvalue weighted by Crippen LogP contribution is 2.24. The highest BCUT2D eigenvalue weighted by Gasteiger charge is 2.11. The molecular formula is C15H14BrFN2S. The third-order valence-corrected chi connectivity index (χ3v) is 3.74. The Balaban J connectivity index is 2.25. The fraction of sp³-hybridized carbons (Fsp3) is 0.133. The SMILES string of the molecule is CC(Nc1ccc(F)cc1C(N)=S)c1ccc(Br)cc1. The average molecular weight is 353 g/mol. The van der Waals surface area contributed by atoms with Gasteiger partial charge in [0, 0.05) is 21.8 Å². The van der Waals surface area contributed by atoms with Crippen molar-refractivity contribution in [1.82, 2.24) is 0 Å². The summed E-state index contributed by atoms with van der Waals surface area (Å²) in [5.74, 6) is -0.352. The summed E-state index contributed by atoms with van der Waals surface area (Å²) < 4.78 is 14.3. The topological polar surface area (TPSA) is 38.0 Å². The normalized spacial score (nSPS) is 11.9. The van der Waals surface area contributed by atoms with Gasteiger partial charge in [0.1, 0.15) is 10.8 Å². The second-order valence-corrected chi connectivity index (χ2v) is 5.83. The first kappa shape index (κ1) is 14.9. The Morgan fingerprint density at radius 1 is 1.25 bits per heavy atom. The summed E-state index contributed by atoms with van der Waals surface area (Å²) in [6.45, 7) is 2.02. The Morgan fingerprint density at radius 2 is 1.90 bits per heavy atom. The second kappa shape index (κ2) is 6.33. The number of nitrogens with two attached hydrogens (primary N) is 1. The zero-order chi connectivity index (χ0) is 14.7. The number of hydrogen-bond donors (Lipinski definition) is 2. The Morgan fingerprint density at radius 3 is 2.50 bits per heavy atom. The third kappa shape index (κ3) is 3.55. The van der Waals surface area contributed by atoms with Crippen LogP contribution >= 0.6 is 28.1 Å². The maximum atomic E-state index is 13.3. The molecule has 0 saturated heterocycles. The molecule has 2 aromatic carbocycles. The van der Waals surface area contributed by atoms with Crippen LogP contribution in [0.3, 0.4) is 0 Å². The number of hydrogen-bond acceptors (Lipinski definition) is 2. The minimum Gasteiger partial charge on any atom is -0.389 e. The van der Waals surface area contributed by atoms with Gasteiger partial charge in [0.25, 0.3) is 0 Å². The molecule has 0 aliphatic carbocycles. The molecule has 0 radical (unpaired) electrons. The van der Waals surface area contributed by atoms with Crippen LogP contribution in [-0.4, -0.2) is 4.99 Å². The van der Waals surface area contributed by atoms with Gasteiger partial charge in [-0.3, -0.25) is 0 Å². The van der Waals surface area contributed by atoms with Crippen molar-refractivity contribution in [3.05, 3.63) is 63.9 Å². The Labute approximate surface area is 131 Å². The van der Waals surface area contributed by atoms with Gasteiger partial charge in [-0.15, -0.1) is 0 Å². The molecule has 0 aromatic heterocycles. The molecule has 0 fully saturated rings. The number of thiocarbonyl (C=S) groups is 1. The summed E-state index contributed by atoms with van der Waals surface area (Å²) in [6.07, 6.45) is 0. The van der Waals surface area contributed by atoms with Gasteiger partial charge in [0.05, 0.1) is 0 Å². The van der Waals surface area contributed by atoms with E-state index in [4.69, 9.17) is 18.0 Å². The second-order valence-electron chi connectivity index (χ2n) is 4.47. The molecule has 0 aliphatic heterocycles. The number of rotatable bonds is 4. The number of anilines is 1. The van der Waals surface area contributed by atoms with E-state index < -0.39 is 0 Å². The molecule has 1 atom stereocenters. The van der Waals surface area contributed by atoms with E-state index >= 15 is 0 Å². The molecule has 0 spiro atoms. The lowest BCUT2D eigenvalue weighted by molar-refractivity contribution is 0.627. The van der Waals surface area contributed by atoms with Gasteiger partial charge in [-0.25, -0.2) is 4.39 Å². The molecule has 0 aliphatic rings. The zero-order valence-electron chi connectivity index (χ0n) is 10.9. The van der Waals surface area contributed by atoms with Crippen molar-refractivity contribution in [1.29, 1.82) is 0 Å². The van der Waals surface area contributed by atoms with E-state index in [0.717, 1.165) is 15.7 Å². The van der Waals surface area contributed by atoms with Crippen molar-refractivity contribution >= 4 is 38.8 Å². The predicted octanol–water partition coefficient (Wildman–Crippen LogP) is 4.40. The summed E-state index contributed by atoms with van der Waals surface area (Å²) in [5, 5.41) is 3.31. The Bertz CT molecular complexity index is 628. The van der Waals surface area contributed by atoms with Crippen LogP contribution in [0, 0.1) is 5.82 Å². The summed E-state index contributed by atoms with van der Waals surface area (Å²) in [7, 11) is 0. The molecule has 3 N–H and O–H groups in total. The summed E-state index contributed by atoms with van der Waals surface area (Å²) in [5.41, 5.74) is 8.00. The van der Waals surface area contributed by atoms with Crippen molar-refractivity contribution in [2.75, 3.05) is 5.32 Å². The van der Waals surface area contributed by atoms with Crippen LogP contribution in [0.4, 0.5) is 10.1 Å². The lowest BCUT2D eigenvalue weighted by atomic mass is 10.1. The Kier molecular flexibility index (Phi) is 4.73. The monoisotopic (exact) mass is 352 g/mol. The van der Waals surface area contributed by atoms with Crippen LogP contribution in [0.15, 0.2) is 46.9 Å². The average Bonchev–Trinajstić information content (AvgIpc) is 2.41. The van der Waals surface area contributed by atoms with Gasteiger partial charge < -0.3 is 11.1 Å². The fourth-order valence-corrected chi connectivity index (χ4v) is 2.35. The predicted molar refractivity (Wildman–Crippen MR) is 88.5 cm³/mol. The highest BCUT2D eigenvalue weighted by atomic mass is 79.9.